The second-order valence-electron chi connectivity index (χ2n) is 4.12. The standard InChI is InChI=1S/C12H16O4S/c1-8(2)17(14,15)11-6-9(3)5-10(7-11)12(13)16-4/h5-8H,1-4H3. The van der Waals surface area contributed by atoms with E-state index in [-0.39, 0.29) is 10.5 Å². The topological polar surface area (TPSA) is 60.4 Å². The van der Waals surface area contributed by atoms with Crippen molar-refractivity contribution in [2.75, 3.05) is 7.11 Å². The summed E-state index contributed by atoms with van der Waals surface area (Å²) in [6, 6.07) is 4.52. The third-order valence-electron chi connectivity index (χ3n) is 2.42. The van der Waals surface area contributed by atoms with Crippen LogP contribution in [-0.4, -0.2) is 26.7 Å². The van der Waals surface area contributed by atoms with E-state index in [1.54, 1.807) is 32.9 Å². The summed E-state index contributed by atoms with van der Waals surface area (Å²) in [5, 5.41) is -0.519. The van der Waals surface area contributed by atoms with E-state index >= 15 is 0 Å². The molecule has 4 nitrogen and oxygen atoms in total. The molecule has 0 aromatic heterocycles. The van der Waals surface area contributed by atoms with Crippen molar-refractivity contribution in [1.29, 1.82) is 0 Å². The minimum Gasteiger partial charge on any atom is -0.465 e. The van der Waals surface area contributed by atoms with Gasteiger partial charge in [-0.15, -0.1) is 0 Å². The summed E-state index contributed by atoms with van der Waals surface area (Å²) < 4.78 is 28.6. The number of hydrogen-bond acceptors (Lipinski definition) is 4. The molecule has 1 aromatic rings. The van der Waals surface area contributed by atoms with Crippen LogP contribution in [0.4, 0.5) is 0 Å². The van der Waals surface area contributed by atoms with Crippen LogP contribution in [0.5, 0.6) is 0 Å². The molecule has 0 spiro atoms. The predicted molar refractivity (Wildman–Crippen MR) is 64.8 cm³/mol. The maximum absolute atomic E-state index is 12.0. The number of carbonyl (C=O) groups is 1. The number of sulfone groups is 1. The minimum atomic E-state index is -3.37. The van der Waals surface area contributed by atoms with Crippen molar-refractivity contribution >= 4 is 15.8 Å². The van der Waals surface area contributed by atoms with Crippen LogP contribution in [0.1, 0.15) is 29.8 Å². The number of hydrogen-bond donors (Lipinski definition) is 0. The molecule has 0 aliphatic heterocycles. The van der Waals surface area contributed by atoms with Gasteiger partial charge in [0.25, 0.3) is 0 Å². The molecule has 0 saturated heterocycles. The first-order valence-electron chi connectivity index (χ1n) is 5.23. The van der Waals surface area contributed by atoms with Crippen molar-refractivity contribution in [2.45, 2.75) is 30.9 Å². The number of carbonyl (C=O) groups excluding carboxylic acids is 1. The van der Waals surface area contributed by atoms with Gasteiger partial charge in [0, 0.05) is 0 Å². The lowest BCUT2D eigenvalue weighted by Gasteiger charge is -2.10. The van der Waals surface area contributed by atoms with E-state index in [1.807, 2.05) is 0 Å². The third-order valence-corrected chi connectivity index (χ3v) is 4.56. The third kappa shape index (κ3) is 2.85. The second-order valence-corrected chi connectivity index (χ2v) is 6.62. The Hall–Kier alpha value is -1.36. The van der Waals surface area contributed by atoms with Crippen LogP contribution in [0.25, 0.3) is 0 Å². The summed E-state index contributed by atoms with van der Waals surface area (Å²) in [6.45, 7) is 4.96. The average molecular weight is 256 g/mol. The van der Waals surface area contributed by atoms with E-state index in [0.717, 1.165) is 0 Å². The number of methoxy groups -OCH3 is 1. The van der Waals surface area contributed by atoms with Crippen molar-refractivity contribution < 1.29 is 17.9 Å². The lowest BCUT2D eigenvalue weighted by atomic mass is 10.1. The molecule has 0 amide bonds. The zero-order chi connectivity index (χ0) is 13.2. The Morgan fingerprint density at radius 3 is 2.29 bits per heavy atom. The summed E-state index contributed by atoms with van der Waals surface area (Å²) in [4.78, 5) is 11.6. The average Bonchev–Trinajstić information content (AvgIpc) is 2.26. The van der Waals surface area contributed by atoms with Gasteiger partial charge >= 0.3 is 5.97 Å². The SMILES string of the molecule is COC(=O)c1cc(C)cc(S(=O)(=O)C(C)C)c1. The van der Waals surface area contributed by atoms with E-state index in [9.17, 15) is 13.2 Å². The van der Waals surface area contributed by atoms with Gasteiger partial charge in [0.05, 0.1) is 22.8 Å². The molecule has 0 aliphatic carbocycles. The van der Waals surface area contributed by atoms with E-state index in [2.05, 4.69) is 4.74 Å². The fourth-order valence-electron chi connectivity index (χ4n) is 1.42. The van der Waals surface area contributed by atoms with Crippen molar-refractivity contribution in [3.63, 3.8) is 0 Å². The number of rotatable bonds is 3. The second kappa shape index (κ2) is 4.87. The molecule has 0 radical (unpaired) electrons. The fourth-order valence-corrected chi connectivity index (χ4v) is 2.61. The van der Waals surface area contributed by atoms with Crippen molar-refractivity contribution in [3.8, 4) is 0 Å². The Kier molecular flexibility index (Phi) is 3.93. The normalized spacial score (nSPS) is 11.6. The largest absolute Gasteiger partial charge is 0.465 e. The van der Waals surface area contributed by atoms with Gasteiger partial charge in [-0.3, -0.25) is 0 Å². The fraction of sp³-hybridized carbons (Fsp3) is 0.417. The highest BCUT2D eigenvalue weighted by atomic mass is 32.2. The number of esters is 1. The molecule has 0 atom stereocenters. The van der Waals surface area contributed by atoms with Crippen LogP contribution >= 0.6 is 0 Å². The Bertz CT molecular complexity index is 529. The molecule has 0 saturated carbocycles. The van der Waals surface area contributed by atoms with Gasteiger partial charge in [-0.2, -0.15) is 0 Å². The van der Waals surface area contributed by atoms with Crippen LogP contribution in [0.2, 0.25) is 0 Å². The van der Waals surface area contributed by atoms with Gasteiger partial charge in [0.15, 0.2) is 9.84 Å². The van der Waals surface area contributed by atoms with Crippen LogP contribution in [0.15, 0.2) is 23.1 Å². The molecule has 1 rings (SSSR count). The summed E-state index contributed by atoms with van der Waals surface area (Å²) >= 11 is 0. The van der Waals surface area contributed by atoms with Crippen molar-refractivity contribution in [3.05, 3.63) is 29.3 Å². The Morgan fingerprint density at radius 2 is 1.82 bits per heavy atom. The minimum absolute atomic E-state index is 0.160. The molecule has 0 heterocycles. The highest BCUT2D eigenvalue weighted by Crippen LogP contribution is 2.19. The molecule has 1 aromatic carbocycles. The zero-order valence-corrected chi connectivity index (χ0v) is 11.2. The molecule has 0 fully saturated rings. The summed E-state index contributed by atoms with van der Waals surface area (Å²) in [7, 11) is -2.11. The first kappa shape index (κ1) is 13.7. The molecular formula is C12H16O4S. The van der Waals surface area contributed by atoms with Gasteiger partial charge in [-0.25, -0.2) is 13.2 Å². The lowest BCUT2D eigenvalue weighted by Crippen LogP contribution is -2.15. The number of benzene rings is 1. The quantitative estimate of drug-likeness (QED) is 0.776. The lowest BCUT2D eigenvalue weighted by molar-refractivity contribution is 0.0600. The van der Waals surface area contributed by atoms with Crippen LogP contribution in [0.3, 0.4) is 0 Å². The van der Waals surface area contributed by atoms with Gasteiger partial charge in [-0.1, -0.05) is 0 Å². The van der Waals surface area contributed by atoms with E-state index < -0.39 is 21.1 Å². The van der Waals surface area contributed by atoms with Crippen LogP contribution in [0, 0.1) is 6.92 Å². The highest BCUT2D eigenvalue weighted by Gasteiger charge is 2.21. The molecule has 5 heteroatoms. The van der Waals surface area contributed by atoms with E-state index in [1.165, 1.54) is 13.2 Å². The van der Waals surface area contributed by atoms with Gasteiger partial charge < -0.3 is 4.74 Å². The first-order valence-corrected chi connectivity index (χ1v) is 6.77. The maximum atomic E-state index is 12.0. The first-order chi connectivity index (χ1) is 7.78. The van der Waals surface area contributed by atoms with Crippen molar-refractivity contribution in [2.24, 2.45) is 0 Å². The number of aryl methyl sites for hydroxylation is 1. The van der Waals surface area contributed by atoms with Crippen LogP contribution in [-0.2, 0) is 14.6 Å². The summed E-state index contributed by atoms with van der Waals surface area (Å²) in [5.74, 6) is -0.533. The Labute approximate surface area is 102 Å². The molecule has 0 bridgehead atoms. The van der Waals surface area contributed by atoms with E-state index in [4.69, 9.17) is 0 Å². The monoisotopic (exact) mass is 256 g/mol. The maximum Gasteiger partial charge on any atom is 0.337 e. The molecule has 0 N–H and O–H groups in total. The summed E-state index contributed by atoms with van der Waals surface area (Å²) in [5.41, 5.74) is 0.971. The van der Waals surface area contributed by atoms with Gasteiger partial charge in [-0.05, 0) is 44.5 Å². The smallest absolute Gasteiger partial charge is 0.337 e. The van der Waals surface area contributed by atoms with Crippen LogP contribution < -0.4 is 0 Å². The highest BCUT2D eigenvalue weighted by molar-refractivity contribution is 7.92. The number of ether oxygens (including phenoxy) is 1. The van der Waals surface area contributed by atoms with Crippen molar-refractivity contribution in [1.82, 2.24) is 0 Å². The summed E-state index contributed by atoms with van der Waals surface area (Å²) in [6.07, 6.45) is 0. The van der Waals surface area contributed by atoms with Gasteiger partial charge in [0.1, 0.15) is 0 Å². The predicted octanol–water partition coefficient (Wildman–Crippen LogP) is 1.96. The Balaban J connectivity index is 3.38. The molecule has 94 valence electrons. The molecule has 0 unspecified atom stereocenters. The molecular weight excluding hydrogens is 240 g/mol. The molecule has 17 heavy (non-hydrogen) atoms. The molecule has 0 aliphatic rings. The Morgan fingerprint density at radius 1 is 1.24 bits per heavy atom. The zero-order valence-electron chi connectivity index (χ0n) is 10.4. The van der Waals surface area contributed by atoms with E-state index in [0.29, 0.717) is 5.56 Å². The van der Waals surface area contributed by atoms with Gasteiger partial charge in [0.2, 0.25) is 0 Å².